The van der Waals surface area contributed by atoms with E-state index in [1.54, 1.807) is 0 Å². The zero-order valence-electron chi connectivity index (χ0n) is 7.69. The minimum absolute atomic E-state index is 0.852. The Morgan fingerprint density at radius 3 is 2.33 bits per heavy atom. The van der Waals surface area contributed by atoms with E-state index in [9.17, 15) is 0 Å². The highest BCUT2D eigenvalue weighted by molar-refractivity contribution is 6.33. The Hall–Kier alpha value is -0.533. The van der Waals surface area contributed by atoms with Gasteiger partial charge in [0.1, 0.15) is 0 Å². The second kappa shape index (κ2) is 3.92. The summed E-state index contributed by atoms with van der Waals surface area (Å²) in [6.07, 6.45) is 0. The molecule has 0 aliphatic rings. The van der Waals surface area contributed by atoms with E-state index in [1.807, 2.05) is 18.2 Å². The Labute approximate surface area is 81.7 Å². The van der Waals surface area contributed by atoms with Crippen LogP contribution < -0.4 is 0 Å². The summed E-state index contributed by atoms with van der Waals surface area (Å²) < 4.78 is 0. The van der Waals surface area contributed by atoms with Gasteiger partial charge in [0.2, 0.25) is 0 Å². The van der Waals surface area contributed by atoms with Gasteiger partial charge >= 0.3 is 0 Å². The lowest BCUT2D eigenvalue weighted by atomic mass is 10.1. The monoisotopic (exact) mass is 196 g/mol. The van der Waals surface area contributed by atoms with Gasteiger partial charge in [-0.25, -0.2) is 0 Å². The van der Waals surface area contributed by atoms with Gasteiger partial charge in [0.05, 0.1) is 0 Å². The lowest BCUT2D eigenvalue weighted by Gasteiger charge is -2.05. The average Bonchev–Trinajstić information content (AvgIpc) is 2.04. The fourth-order valence-electron chi connectivity index (χ4n) is 1.03. The van der Waals surface area contributed by atoms with Crippen molar-refractivity contribution in [2.45, 2.75) is 13.8 Å². The van der Waals surface area contributed by atoms with E-state index in [2.05, 4.69) is 19.9 Å². The Bertz CT molecular complexity index is 311. The van der Waals surface area contributed by atoms with E-state index in [1.165, 1.54) is 16.3 Å². The molecule has 2 heteroatoms. The van der Waals surface area contributed by atoms with Crippen LogP contribution in [0.1, 0.15) is 19.4 Å². The first-order valence-corrected chi connectivity index (χ1v) is 5.39. The lowest BCUT2D eigenvalue weighted by Crippen LogP contribution is -1.85. The van der Waals surface area contributed by atoms with Crippen LogP contribution >= 0.6 is 11.6 Å². The molecule has 0 aliphatic carbocycles. The molecule has 0 amide bonds. The maximum atomic E-state index is 6.04. The van der Waals surface area contributed by atoms with Crippen molar-refractivity contribution in [2.24, 2.45) is 0 Å². The molecular weight excluding hydrogens is 184 g/mol. The Kier molecular flexibility index (Phi) is 3.12. The van der Waals surface area contributed by atoms with E-state index in [0.717, 1.165) is 15.3 Å². The molecule has 0 saturated heterocycles. The highest BCUT2D eigenvalue weighted by atomic mass is 35.5. The molecule has 0 aromatic heterocycles. The summed E-state index contributed by atoms with van der Waals surface area (Å²) in [4.78, 5) is 0. The molecule has 12 heavy (non-hydrogen) atoms. The summed E-state index contributed by atoms with van der Waals surface area (Å²) in [5.74, 6) is 0. The minimum Gasteiger partial charge on any atom is -0.0913 e. The maximum Gasteiger partial charge on any atom is 0.0480 e. The quantitative estimate of drug-likeness (QED) is 0.606. The van der Waals surface area contributed by atoms with Crippen LogP contribution in [0.4, 0.5) is 0 Å². The molecule has 1 rings (SSSR count). The van der Waals surface area contributed by atoms with Crippen LogP contribution in [0.15, 0.2) is 29.5 Å². The summed E-state index contributed by atoms with van der Waals surface area (Å²) in [5.41, 5.74) is 2.50. The fraction of sp³-hybridized carbons (Fsp3) is 0.200. The second-order valence-electron chi connectivity index (χ2n) is 3.10. The highest BCUT2D eigenvalue weighted by Crippen LogP contribution is 2.24. The molecular formula is C10H13ClSi. The van der Waals surface area contributed by atoms with Crippen LogP contribution in [0, 0.1) is 0 Å². The first kappa shape index (κ1) is 9.55. The third-order valence-corrected chi connectivity index (χ3v) is 3.11. The van der Waals surface area contributed by atoms with Crippen LogP contribution in [0.5, 0.6) is 0 Å². The molecule has 0 bridgehead atoms. The van der Waals surface area contributed by atoms with Gasteiger partial charge in [-0.1, -0.05) is 35.0 Å². The average molecular weight is 197 g/mol. The van der Waals surface area contributed by atoms with Gasteiger partial charge in [0.15, 0.2) is 0 Å². The Morgan fingerprint density at radius 2 is 1.83 bits per heavy atom. The number of hydrogen-bond acceptors (Lipinski definition) is 0. The standard InChI is InChI=1S/C10H13ClSi/c1-7(8(2)12)9-5-3-4-6-10(9)11/h3-6H,1-2,12H3. The van der Waals surface area contributed by atoms with Gasteiger partial charge in [0, 0.05) is 15.3 Å². The highest BCUT2D eigenvalue weighted by Gasteiger charge is 2.00. The molecule has 64 valence electrons. The van der Waals surface area contributed by atoms with Crippen molar-refractivity contribution in [2.75, 3.05) is 0 Å². The normalized spacial score (nSPS) is 12.9. The van der Waals surface area contributed by atoms with Crippen LogP contribution in [-0.4, -0.2) is 10.2 Å². The zero-order valence-corrected chi connectivity index (χ0v) is 10.4. The van der Waals surface area contributed by atoms with Gasteiger partial charge < -0.3 is 0 Å². The van der Waals surface area contributed by atoms with E-state index >= 15 is 0 Å². The third kappa shape index (κ3) is 1.99. The van der Waals surface area contributed by atoms with Crippen LogP contribution in [0.3, 0.4) is 0 Å². The first-order chi connectivity index (χ1) is 5.63. The van der Waals surface area contributed by atoms with Crippen molar-refractivity contribution in [3.63, 3.8) is 0 Å². The van der Waals surface area contributed by atoms with Crippen molar-refractivity contribution in [1.82, 2.24) is 0 Å². The largest absolute Gasteiger partial charge is 0.0913 e. The number of halogens is 1. The number of allylic oxidation sites excluding steroid dienone is 2. The molecule has 0 unspecified atom stereocenters. The van der Waals surface area contributed by atoms with Gasteiger partial charge in [-0.15, -0.1) is 0 Å². The van der Waals surface area contributed by atoms with Crippen LogP contribution in [0.2, 0.25) is 5.02 Å². The Morgan fingerprint density at radius 1 is 1.25 bits per heavy atom. The van der Waals surface area contributed by atoms with Crippen molar-refractivity contribution < 1.29 is 0 Å². The Balaban J connectivity index is 3.21. The van der Waals surface area contributed by atoms with E-state index in [0.29, 0.717) is 0 Å². The fourth-order valence-corrected chi connectivity index (χ4v) is 1.58. The minimum atomic E-state index is 0.852. The van der Waals surface area contributed by atoms with E-state index in [-0.39, 0.29) is 0 Å². The number of rotatable bonds is 1. The first-order valence-electron chi connectivity index (χ1n) is 4.02. The number of benzene rings is 1. The van der Waals surface area contributed by atoms with Crippen LogP contribution in [-0.2, 0) is 0 Å². The van der Waals surface area contributed by atoms with Gasteiger partial charge in [-0.05, 0) is 31.1 Å². The predicted octanol–water partition coefficient (Wildman–Crippen LogP) is 2.46. The second-order valence-corrected chi connectivity index (χ2v) is 5.01. The third-order valence-electron chi connectivity index (χ3n) is 2.03. The molecule has 0 fully saturated rings. The van der Waals surface area contributed by atoms with Gasteiger partial charge in [0.25, 0.3) is 0 Å². The zero-order chi connectivity index (χ0) is 9.14. The molecule has 0 N–H and O–H groups in total. The van der Waals surface area contributed by atoms with Gasteiger partial charge in [-0.3, -0.25) is 0 Å². The lowest BCUT2D eigenvalue weighted by molar-refractivity contribution is 1.52. The summed E-state index contributed by atoms with van der Waals surface area (Å²) in [6, 6.07) is 7.99. The molecule has 1 aromatic carbocycles. The van der Waals surface area contributed by atoms with Crippen molar-refractivity contribution >= 4 is 27.4 Å². The molecule has 0 spiro atoms. The molecule has 0 radical (unpaired) electrons. The van der Waals surface area contributed by atoms with Crippen LogP contribution in [0.25, 0.3) is 5.57 Å². The molecule has 0 heterocycles. The van der Waals surface area contributed by atoms with Crippen molar-refractivity contribution in [1.29, 1.82) is 0 Å². The molecule has 0 atom stereocenters. The summed E-state index contributed by atoms with van der Waals surface area (Å²) in [5, 5.41) is 2.30. The number of hydrogen-bond donors (Lipinski definition) is 0. The van der Waals surface area contributed by atoms with Crippen molar-refractivity contribution in [3.8, 4) is 0 Å². The molecule has 0 saturated carbocycles. The van der Waals surface area contributed by atoms with E-state index in [4.69, 9.17) is 11.6 Å². The smallest absolute Gasteiger partial charge is 0.0480 e. The van der Waals surface area contributed by atoms with E-state index < -0.39 is 0 Å². The SMILES string of the molecule is CC([SiH3])=C(C)c1ccccc1Cl. The summed E-state index contributed by atoms with van der Waals surface area (Å²) >= 11 is 6.04. The summed E-state index contributed by atoms with van der Waals surface area (Å²) in [6.45, 7) is 4.29. The molecule has 0 nitrogen and oxygen atoms in total. The molecule has 1 aromatic rings. The molecule has 0 aliphatic heterocycles. The summed E-state index contributed by atoms with van der Waals surface area (Å²) in [7, 11) is 1.11. The maximum absolute atomic E-state index is 6.04. The topological polar surface area (TPSA) is 0 Å². The van der Waals surface area contributed by atoms with Crippen molar-refractivity contribution in [3.05, 3.63) is 40.0 Å². The predicted molar refractivity (Wildman–Crippen MR) is 59.7 cm³/mol. The van der Waals surface area contributed by atoms with Gasteiger partial charge in [-0.2, -0.15) is 0 Å².